The second-order valence-electron chi connectivity index (χ2n) is 6.30. The van der Waals surface area contributed by atoms with Crippen LogP contribution in [-0.2, 0) is 27.7 Å². The molecule has 0 saturated carbocycles. The number of ether oxygens (including phenoxy) is 1. The molecule has 2 aromatic carbocycles. The minimum atomic E-state index is -3.73. The topological polar surface area (TPSA) is 98.5 Å². The van der Waals surface area contributed by atoms with E-state index < -0.39 is 15.9 Å². The summed E-state index contributed by atoms with van der Waals surface area (Å²) in [5.41, 5.74) is 7.76. The lowest BCUT2D eigenvalue weighted by atomic mass is 9.92. The van der Waals surface area contributed by atoms with Gasteiger partial charge in [-0.2, -0.15) is 0 Å². The van der Waals surface area contributed by atoms with Crippen molar-refractivity contribution in [2.45, 2.75) is 37.0 Å². The number of amides is 1. The first-order valence-corrected chi connectivity index (χ1v) is 10.1. The molecule has 0 bridgehead atoms. The van der Waals surface area contributed by atoms with Crippen LogP contribution in [0.3, 0.4) is 0 Å². The number of fused-ring (bicyclic) bond motifs is 1. The van der Waals surface area contributed by atoms with Gasteiger partial charge in [0, 0.05) is 0 Å². The Balaban J connectivity index is 1.80. The fourth-order valence-corrected chi connectivity index (χ4v) is 4.14. The number of rotatable bonds is 7. The van der Waals surface area contributed by atoms with Crippen LogP contribution < -0.4 is 15.2 Å². The number of hydrogen-bond donors (Lipinski definition) is 2. The summed E-state index contributed by atoms with van der Waals surface area (Å²) in [4.78, 5) is 11.1. The maximum absolute atomic E-state index is 12.8. The lowest BCUT2D eigenvalue weighted by Crippen LogP contribution is -2.17. The monoisotopic (exact) mass is 374 g/mol. The first-order valence-electron chi connectivity index (χ1n) is 8.60. The maximum atomic E-state index is 12.8. The van der Waals surface area contributed by atoms with Crippen LogP contribution in [-0.4, -0.2) is 20.9 Å². The van der Waals surface area contributed by atoms with Crippen LogP contribution in [0.15, 0.2) is 47.4 Å². The Labute approximate surface area is 153 Å². The van der Waals surface area contributed by atoms with Gasteiger partial charge in [-0.05, 0) is 61.1 Å². The van der Waals surface area contributed by atoms with Gasteiger partial charge >= 0.3 is 0 Å². The van der Waals surface area contributed by atoms with Crippen molar-refractivity contribution in [3.8, 4) is 5.75 Å². The molecule has 7 heteroatoms. The molecule has 0 saturated heterocycles. The van der Waals surface area contributed by atoms with Crippen molar-refractivity contribution >= 4 is 21.6 Å². The van der Waals surface area contributed by atoms with E-state index in [1.165, 1.54) is 5.56 Å². The second kappa shape index (κ2) is 7.78. The summed E-state index contributed by atoms with van der Waals surface area (Å²) >= 11 is 0. The summed E-state index contributed by atoms with van der Waals surface area (Å²) in [5.74, 6) is -0.118. The number of nitrogens with two attached hydrogens (primary N) is 1. The maximum Gasteiger partial charge on any atom is 0.262 e. The SMILES string of the molecule is NC(=O)CCOc1ccccc1NS(=O)(=O)c1ccc2c(c1)CCCC2. The zero-order valence-electron chi connectivity index (χ0n) is 14.4. The predicted molar refractivity (Wildman–Crippen MR) is 99.6 cm³/mol. The molecule has 26 heavy (non-hydrogen) atoms. The fraction of sp³-hybridized carbons (Fsp3) is 0.316. The Morgan fingerprint density at radius 3 is 2.58 bits per heavy atom. The molecule has 1 aliphatic carbocycles. The minimum absolute atomic E-state index is 0.0614. The van der Waals surface area contributed by atoms with Crippen molar-refractivity contribution in [2.24, 2.45) is 5.73 Å². The second-order valence-corrected chi connectivity index (χ2v) is 7.99. The van der Waals surface area contributed by atoms with Crippen molar-refractivity contribution in [3.63, 3.8) is 0 Å². The Hall–Kier alpha value is -2.54. The number of primary amides is 1. The number of para-hydroxylation sites is 2. The normalized spacial score (nSPS) is 13.7. The fourth-order valence-electron chi connectivity index (χ4n) is 3.02. The zero-order chi connectivity index (χ0) is 18.6. The summed E-state index contributed by atoms with van der Waals surface area (Å²) in [7, 11) is -3.73. The molecule has 0 fully saturated rings. The third-order valence-electron chi connectivity index (χ3n) is 4.37. The van der Waals surface area contributed by atoms with Crippen molar-refractivity contribution in [1.29, 1.82) is 0 Å². The average molecular weight is 374 g/mol. The van der Waals surface area contributed by atoms with E-state index in [-0.39, 0.29) is 17.9 Å². The van der Waals surface area contributed by atoms with Crippen LogP contribution in [0, 0.1) is 0 Å². The highest BCUT2D eigenvalue weighted by atomic mass is 32.2. The molecular weight excluding hydrogens is 352 g/mol. The van der Waals surface area contributed by atoms with Crippen LogP contribution in [0.1, 0.15) is 30.4 Å². The lowest BCUT2D eigenvalue weighted by Gasteiger charge is -2.17. The third kappa shape index (κ3) is 4.35. The van der Waals surface area contributed by atoms with Gasteiger partial charge in [0.05, 0.1) is 23.6 Å². The highest BCUT2D eigenvalue weighted by Gasteiger charge is 2.19. The van der Waals surface area contributed by atoms with E-state index in [1.54, 1.807) is 36.4 Å². The van der Waals surface area contributed by atoms with Gasteiger partial charge in [-0.3, -0.25) is 9.52 Å². The van der Waals surface area contributed by atoms with E-state index in [2.05, 4.69) is 4.72 Å². The molecule has 1 amide bonds. The zero-order valence-corrected chi connectivity index (χ0v) is 15.2. The number of carbonyl (C=O) groups is 1. The first-order chi connectivity index (χ1) is 12.5. The number of anilines is 1. The molecule has 0 aliphatic heterocycles. The van der Waals surface area contributed by atoms with Gasteiger partial charge in [0.2, 0.25) is 5.91 Å². The number of nitrogens with one attached hydrogen (secondary N) is 1. The van der Waals surface area contributed by atoms with E-state index >= 15 is 0 Å². The Bertz CT molecular complexity index is 910. The Kier molecular flexibility index (Phi) is 5.46. The van der Waals surface area contributed by atoms with Crippen molar-refractivity contribution in [1.82, 2.24) is 0 Å². The van der Waals surface area contributed by atoms with E-state index in [9.17, 15) is 13.2 Å². The molecule has 1 aliphatic rings. The summed E-state index contributed by atoms with van der Waals surface area (Å²) in [6.45, 7) is 0.0902. The van der Waals surface area contributed by atoms with E-state index in [4.69, 9.17) is 10.5 Å². The summed E-state index contributed by atoms with van der Waals surface area (Å²) in [6.07, 6.45) is 4.20. The van der Waals surface area contributed by atoms with E-state index in [0.717, 1.165) is 31.2 Å². The standard InChI is InChI=1S/C19H22N2O4S/c20-19(22)11-12-25-18-8-4-3-7-17(18)21-26(23,24)16-10-9-14-5-1-2-6-15(14)13-16/h3-4,7-10,13,21H,1-2,5-6,11-12H2,(H2,20,22). The molecule has 2 aromatic rings. The van der Waals surface area contributed by atoms with Gasteiger partial charge in [0.15, 0.2) is 0 Å². The highest BCUT2D eigenvalue weighted by Crippen LogP contribution is 2.29. The van der Waals surface area contributed by atoms with Gasteiger partial charge in [-0.1, -0.05) is 18.2 Å². The van der Waals surface area contributed by atoms with Crippen LogP contribution in [0.5, 0.6) is 5.75 Å². The molecule has 0 atom stereocenters. The third-order valence-corrected chi connectivity index (χ3v) is 5.73. The van der Waals surface area contributed by atoms with Gasteiger partial charge < -0.3 is 10.5 Å². The number of sulfonamides is 1. The quantitative estimate of drug-likeness (QED) is 0.778. The van der Waals surface area contributed by atoms with Crippen LogP contribution in [0.25, 0.3) is 0 Å². The Morgan fingerprint density at radius 1 is 1.08 bits per heavy atom. The van der Waals surface area contributed by atoms with Crippen LogP contribution in [0.2, 0.25) is 0 Å². The Morgan fingerprint density at radius 2 is 1.81 bits per heavy atom. The molecule has 0 radical (unpaired) electrons. The molecule has 3 N–H and O–H groups in total. The first kappa shape index (κ1) is 18.3. The number of aryl methyl sites for hydroxylation is 2. The summed E-state index contributed by atoms with van der Waals surface area (Å²) < 4.78 is 33.6. The van der Waals surface area contributed by atoms with Gasteiger partial charge in [0.1, 0.15) is 5.75 Å². The van der Waals surface area contributed by atoms with Crippen LogP contribution >= 0.6 is 0 Å². The van der Waals surface area contributed by atoms with Crippen molar-refractivity contribution in [2.75, 3.05) is 11.3 Å². The van der Waals surface area contributed by atoms with Gasteiger partial charge in [-0.15, -0.1) is 0 Å². The van der Waals surface area contributed by atoms with E-state index in [0.29, 0.717) is 11.4 Å². The van der Waals surface area contributed by atoms with Gasteiger partial charge in [0.25, 0.3) is 10.0 Å². The number of hydrogen-bond acceptors (Lipinski definition) is 4. The smallest absolute Gasteiger partial charge is 0.262 e. The molecule has 3 rings (SSSR count). The lowest BCUT2D eigenvalue weighted by molar-refractivity contribution is -0.118. The highest BCUT2D eigenvalue weighted by molar-refractivity contribution is 7.92. The van der Waals surface area contributed by atoms with E-state index in [1.807, 2.05) is 6.07 Å². The predicted octanol–water partition coefficient (Wildman–Crippen LogP) is 2.62. The molecule has 0 aromatic heterocycles. The van der Waals surface area contributed by atoms with Crippen LogP contribution in [0.4, 0.5) is 5.69 Å². The van der Waals surface area contributed by atoms with Crippen molar-refractivity contribution in [3.05, 3.63) is 53.6 Å². The number of benzene rings is 2. The molecular formula is C19H22N2O4S. The molecule has 0 unspecified atom stereocenters. The summed E-state index contributed by atoms with van der Waals surface area (Å²) in [6, 6.07) is 12.0. The molecule has 138 valence electrons. The molecule has 6 nitrogen and oxygen atoms in total. The van der Waals surface area contributed by atoms with Gasteiger partial charge in [-0.25, -0.2) is 8.42 Å². The van der Waals surface area contributed by atoms with Crippen molar-refractivity contribution < 1.29 is 17.9 Å². The minimum Gasteiger partial charge on any atom is -0.491 e. The summed E-state index contributed by atoms with van der Waals surface area (Å²) in [5, 5.41) is 0. The number of carbonyl (C=O) groups excluding carboxylic acids is 1. The molecule has 0 heterocycles. The largest absolute Gasteiger partial charge is 0.491 e. The molecule has 0 spiro atoms. The average Bonchev–Trinajstić information content (AvgIpc) is 2.62.